The highest BCUT2D eigenvalue weighted by molar-refractivity contribution is 5.58. The van der Waals surface area contributed by atoms with Gasteiger partial charge in [-0.2, -0.15) is 0 Å². The molecule has 1 aliphatic heterocycles. The Morgan fingerprint density at radius 1 is 0.958 bits per heavy atom. The molecular weight excluding hydrogens is 300 g/mol. The number of anilines is 1. The third kappa shape index (κ3) is 4.20. The Morgan fingerprint density at radius 2 is 1.67 bits per heavy atom. The lowest BCUT2D eigenvalue weighted by molar-refractivity contribution is 0.254. The van der Waals surface area contributed by atoms with Crippen molar-refractivity contribution in [2.45, 2.75) is 12.8 Å². The Labute approximate surface area is 144 Å². The number of para-hydroxylation sites is 2. The average Bonchev–Trinajstić information content (AvgIpc) is 2.64. The van der Waals surface area contributed by atoms with Crippen LogP contribution in [0.1, 0.15) is 12.0 Å². The maximum atomic E-state index is 9.32. The fourth-order valence-electron chi connectivity index (χ4n) is 3.27. The molecule has 2 aromatic carbocycles. The van der Waals surface area contributed by atoms with E-state index in [4.69, 9.17) is 4.74 Å². The average molecular weight is 326 g/mol. The molecule has 0 bridgehead atoms. The molecule has 2 aromatic rings. The van der Waals surface area contributed by atoms with Gasteiger partial charge in [-0.15, -0.1) is 0 Å². The Bertz CT molecular complexity index is 634. The van der Waals surface area contributed by atoms with Crippen molar-refractivity contribution >= 4 is 5.69 Å². The molecule has 0 unspecified atom stereocenters. The van der Waals surface area contributed by atoms with Gasteiger partial charge in [0, 0.05) is 26.2 Å². The standard InChI is InChI=1S/C20H26N2O2/c1-24-20-7-3-2-6-19(20)22-15-13-21(14-16-22)12-4-5-17-8-10-18(23)11-9-17/h2-3,6-11,23H,4-5,12-16H2,1H3. The van der Waals surface area contributed by atoms with E-state index in [1.807, 2.05) is 24.3 Å². The van der Waals surface area contributed by atoms with Crippen LogP contribution in [0.4, 0.5) is 5.69 Å². The van der Waals surface area contributed by atoms with Crippen LogP contribution >= 0.6 is 0 Å². The van der Waals surface area contributed by atoms with Crippen LogP contribution in [0.15, 0.2) is 48.5 Å². The molecule has 0 aromatic heterocycles. The first-order valence-electron chi connectivity index (χ1n) is 8.64. The summed E-state index contributed by atoms with van der Waals surface area (Å²) in [6.07, 6.45) is 2.21. The van der Waals surface area contributed by atoms with Crippen molar-refractivity contribution in [1.29, 1.82) is 0 Å². The highest BCUT2D eigenvalue weighted by atomic mass is 16.5. The molecule has 0 atom stereocenters. The monoisotopic (exact) mass is 326 g/mol. The van der Waals surface area contributed by atoms with Crippen molar-refractivity contribution in [3.05, 3.63) is 54.1 Å². The lowest BCUT2D eigenvalue weighted by Gasteiger charge is -2.36. The minimum absolute atomic E-state index is 0.339. The van der Waals surface area contributed by atoms with E-state index in [9.17, 15) is 5.11 Å². The molecule has 0 amide bonds. The van der Waals surface area contributed by atoms with Gasteiger partial charge >= 0.3 is 0 Å². The second-order valence-corrected chi connectivity index (χ2v) is 6.27. The second kappa shape index (κ2) is 8.06. The van der Waals surface area contributed by atoms with E-state index in [-0.39, 0.29) is 0 Å². The lowest BCUT2D eigenvalue weighted by atomic mass is 10.1. The van der Waals surface area contributed by atoms with Gasteiger partial charge in [0.2, 0.25) is 0 Å². The summed E-state index contributed by atoms with van der Waals surface area (Å²) in [6.45, 7) is 5.39. The van der Waals surface area contributed by atoms with E-state index in [1.165, 1.54) is 11.3 Å². The topological polar surface area (TPSA) is 35.9 Å². The third-order valence-electron chi connectivity index (χ3n) is 4.67. The Balaban J connectivity index is 1.44. The number of hydrogen-bond acceptors (Lipinski definition) is 4. The minimum Gasteiger partial charge on any atom is -0.508 e. The van der Waals surface area contributed by atoms with E-state index < -0.39 is 0 Å². The van der Waals surface area contributed by atoms with Crippen molar-refractivity contribution in [3.63, 3.8) is 0 Å². The maximum absolute atomic E-state index is 9.32. The summed E-state index contributed by atoms with van der Waals surface area (Å²) in [4.78, 5) is 4.95. The van der Waals surface area contributed by atoms with E-state index >= 15 is 0 Å². The SMILES string of the molecule is COc1ccccc1N1CCN(CCCc2ccc(O)cc2)CC1. The van der Waals surface area contributed by atoms with Crippen molar-refractivity contribution in [1.82, 2.24) is 4.90 Å². The summed E-state index contributed by atoms with van der Waals surface area (Å²) in [5, 5.41) is 9.32. The van der Waals surface area contributed by atoms with Gasteiger partial charge in [-0.05, 0) is 49.2 Å². The number of hydrogen-bond donors (Lipinski definition) is 1. The van der Waals surface area contributed by atoms with Gasteiger partial charge < -0.3 is 14.7 Å². The number of ether oxygens (including phenoxy) is 1. The summed E-state index contributed by atoms with van der Waals surface area (Å²) >= 11 is 0. The molecule has 4 nitrogen and oxygen atoms in total. The number of benzene rings is 2. The van der Waals surface area contributed by atoms with Crippen LogP contribution in [0, 0.1) is 0 Å². The number of phenolic OH excluding ortho intramolecular Hbond substituents is 1. The van der Waals surface area contributed by atoms with Gasteiger partial charge in [-0.25, -0.2) is 0 Å². The number of rotatable bonds is 6. The minimum atomic E-state index is 0.339. The van der Waals surface area contributed by atoms with Gasteiger partial charge in [0.05, 0.1) is 12.8 Å². The fourth-order valence-corrected chi connectivity index (χ4v) is 3.27. The summed E-state index contributed by atoms with van der Waals surface area (Å²) in [5.74, 6) is 1.30. The van der Waals surface area contributed by atoms with Crippen LogP contribution in [0.25, 0.3) is 0 Å². The summed E-state index contributed by atoms with van der Waals surface area (Å²) in [7, 11) is 1.73. The summed E-state index contributed by atoms with van der Waals surface area (Å²) in [6, 6.07) is 15.8. The molecule has 1 aliphatic rings. The molecule has 0 aliphatic carbocycles. The molecule has 3 rings (SSSR count). The third-order valence-corrected chi connectivity index (χ3v) is 4.67. The quantitative estimate of drug-likeness (QED) is 0.884. The smallest absolute Gasteiger partial charge is 0.142 e. The number of aryl methyl sites for hydroxylation is 1. The van der Waals surface area contributed by atoms with Crippen LogP contribution < -0.4 is 9.64 Å². The lowest BCUT2D eigenvalue weighted by Crippen LogP contribution is -2.46. The molecule has 128 valence electrons. The van der Waals surface area contributed by atoms with Crippen LogP contribution in [0.3, 0.4) is 0 Å². The van der Waals surface area contributed by atoms with Gasteiger partial charge in [-0.1, -0.05) is 24.3 Å². The molecule has 24 heavy (non-hydrogen) atoms. The zero-order chi connectivity index (χ0) is 16.8. The summed E-state index contributed by atoms with van der Waals surface area (Å²) < 4.78 is 5.47. The Morgan fingerprint density at radius 3 is 2.38 bits per heavy atom. The predicted octanol–water partition coefficient (Wildman–Crippen LogP) is 3.16. The fraction of sp³-hybridized carbons (Fsp3) is 0.400. The van der Waals surface area contributed by atoms with Crippen LogP contribution in [-0.2, 0) is 6.42 Å². The van der Waals surface area contributed by atoms with E-state index in [0.717, 1.165) is 51.3 Å². The first-order valence-corrected chi connectivity index (χ1v) is 8.64. The molecule has 0 radical (unpaired) electrons. The van der Waals surface area contributed by atoms with E-state index in [1.54, 1.807) is 19.2 Å². The molecule has 0 spiro atoms. The normalized spacial score (nSPS) is 15.5. The van der Waals surface area contributed by atoms with Crippen LogP contribution in [0.2, 0.25) is 0 Å². The Kier molecular flexibility index (Phi) is 5.59. The molecule has 1 fully saturated rings. The van der Waals surface area contributed by atoms with E-state index in [2.05, 4.69) is 21.9 Å². The molecule has 0 saturated carbocycles. The highest BCUT2D eigenvalue weighted by Gasteiger charge is 2.18. The van der Waals surface area contributed by atoms with Gasteiger partial charge in [0.1, 0.15) is 11.5 Å². The molecule has 4 heteroatoms. The molecule has 1 saturated heterocycles. The van der Waals surface area contributed by atoms with Crippen LogP contribution in [0.5, 0.6) is 11.5 Å². The van der Waals surface area contributed by atoms with Crippen molar-refractivity contribution in [2.75, 3.05) is 44.7 Å². The first-order chi connectivity index (χ1) is 11.8. The van der Waals surface area contributed by atoms with Gasteiger partial charge in [-0.3, -0.25) is 4.90 Å². The number of phenols is 1. The largest absolute Gasteiger partial charge is 0.508 e. The van der Waals surface area contributed by atoms with Crippen molar-refractivity contribution < 1.29 is 9.84 Å². The zero-order valence-corrected chi connectivity index (χ0v) is 14.3. The number of piperazine rings is 1. The van der Waals surface area contributed by atoms with Crippen molar-refractivity contribution in [2.24, 2.45) is 0 Å². The highest BCUT2D eigenvalue weighted by Crippen LogP contribution is 2.28. The van der Waals surface area contributed by atoms with E-state index in [0.29, 0.717) is 5.75 Å². The Hall–Kier alpha value is -2.20. The van der Waals surface area contributed by atoms with Gasteiger partial charge in [0.15, 0.2) is 0 Å². The number of aromatic hydroxyl groups is 1. The molecule has 1 N–H and O–H groups in total. The predicted molar refractivity (Wildman–Crippen MR) is 98.1 cm³/mol. The summed E-state index contributed by atoms with van der Waals surface area (Å²) in [5.41, 5.74) is 2.49. The first kappa shape index (κ1) is 16.7. The molecular formula is C20H26N2O2. The zero-order valence-electron chi connectivity index (χ0n) is 14.3. The van der Waals surface area contributed by atoms with Crippen LogP contribution in [-0.4, -0.2) is 49.8 Å². The maximum Gasteiger partial charge on any atom is 0.142 e. The molecule has 1 heterocycles. The number of nitrogens with zero attached hydrogens (tertiary/aromatic N) is 2. The van der Waals surface area contributed by atoms with Crippen molar-refractivity contribution in [3.8, 4) is 11.5 Å². The number of methoxy groups -OCH3 is 1. The van der Waals surface area contributed by atoms with Gasteiger partial charge in [0.25, 0.3) is 0 Å². The second-order valence-electron chi connectivity index (χ2n) is 6.27.